The van der Waals surface area contributed by atoms with E-state index in [1.807, 2.05) is 0 Å². The summed E-state index contributed by atoms with van der Waals surface area (Å²) in [6.07, 6.45) is -3.85. The first-order valence-corrected chi connectivity index (χ1v) is 4.69. The van der Waals surface area contributed by atoms with Gasteiger partial charge >= 0.3 is 12.3 Å². The summed E-state index contributed by atoms with van der Waals surface area (Å²) in [5, 5.41) is 0. The Morgan fingerprint density at radius 1 is 1.35 bits per heavy atom. The average Bonchev–Trinajstić information content (AvgIpc) is 2.50. The van der Waals surface area contributed by atoms with Crippen molar-refractivity contribution in [1.29, 1.82) is 0 Å². The summed E-state index contributed by atoms with van der Waals surface area (Å²) >= 11 is 0. The quantitative estimate of drug-likeness (QED) is 0.753. The third-order valence-corrected chi connectivity index (χ3v) is 1.99. The Morgan fingerprint density at radius 2 is 1.94 bits per heavy atom. The number of carbonyl (C=O) groups excluding carboxylic acids is 1. The molecule has 0 saturated heterocycles. The standard InChI is InChI=1S/C10H7F3O4/c1-2-15-9(14)5-3-7-8(4-6(5)11)17-10(12,13)16-7/h3-4H,2H2,1H3. The molecule has 7 heteroatoms. The van der Waals surface area contributed by atoms with Crippen molar-refractivity contribution in [2.45, 2.75) is 13.2 Å². The Kier molecular flexibility index (Phi) is 2.60. The summed E-state index contributed by atoms with van der Waals surface area (Å²) in [6, 6.07) is 1.48. The number of benzene rings is 1. The van der Waals surface area contributed by atoms with Gasteiger partial charge in [-0.25, -0.2) is 9.18 Å². The molecule has 0 bridgehead atoms. The predicted molar refractivity (Wildman–Crippen MR) is 48.6 cm³/mol. The molecule has 1 aliphatic heterocycles. The van der Waals surface area contributed by atoms with Crippen LogP contribution in [0.3, 0.4) is 0 Å². The molecule has 0 spiro atoms. The summed E-state index contributed by atoms with van der Waals surface area (Å²) in [5.41, 5.74) is -0.480. The second-order valence-corrected chi connectivity index (χ2v) is 3.17. The van der Waals surface area contributed by atoms with E-state index < -0.39 is 35.1 Å². The van der Waals surface area contributed by atoms with Crippen LogP contribution in [0, 0.1) is 5.82 Å². The SMILES string of the molecule is CCOC(=O)c1cc2c(cc1F)OC(F)(F)O2. The summed E-state index contributed by atoms with van der Waals surface area (Å²) in [4.78, 5) is 11.3. The van der Waals surface area contributed by atoms with Gasteiger partial charge in [0.1, 0.15) is 5.82 Å². The van der Waals surface area contributed by atoms with E-state index >= 15 is 0 Å². The molecule has 0 saturated carbocycles. The molecule has 4 nitrogen and oxygen atoms in total. The number of esters is 1. The molecule has 0 radical (unpaired) electrons. The lowest BCUT2D eigenvalue weighted by molar-refractivity contribution is -0.286. The van der Waals surface area contributed by atoms with Gasteiger partial charge in [-0.2, -0.15) is 0 Å². The first-order valence-electron chi connectivity index (χ1n) is 4.69. The second kappa shape index (κ2) is 3.83. The lowest BCUT2D eigenvalue weighted by Crippen LogP contribution is -2.25. The van der Waals surface area contributed by atoms with Gasteiger partial charge in [0.2, 0.25) is 0 Å². The fourth-order valence-corrected chi connectivity index (χ4v) is 1.34. The molecule has 2 rings (SSSR count). The van der Waals surface area contributed by atoms with Crippen LogP contribution in [0.1, 0.15) is 17.3 Å². The molecule has 0 aliphatic carbocycles. The number of fused-ring (bicyclic) bond motifs is 1. The molecule has 0 N–H and O–H groups in total. The Morgan fingerprint density at radius 3 is 2.53 bits per heavy atom. The van der Waals surface area contributed by atoms with Crippen molar-refractivity contribution < 1.29 is 32.2 Å². The first kappa shape index (κ1) is 11.6. The van der Waals surface area contributed by atoms with Crippen LogP contribution in [0.5, 0.6) is 11.5 Å². The Labute approximate surface area is 93.9 Å². The molecule has 0 unspecified atom stereocenters. The first-order chi connectivity index (χ1) is 7.93. The fraction of sp³-hybridized carbons (Fsp3) is 0.300. The van der Waals surface area contributed by atoms with Gasteiger partial charge in [-0.3, -0.25) is 0 Å². The van der Waals surface area contributed by atoms with Crippen molar-refractivity contribution in [1.82, 2.24) is 0 Å². The zero-order valence-corrected chi connectivity index (χ0v) is 8.63. The van der Waals surface area contributed by atoms with E-state index in [1.165, 1.54) is 6.92 Å². The van der Waals surface area contributed by atoms with Crippen LogP contribution < -0.4 is 9.47 Å². The summed E-state index contributed by atoms with van der Waals surface area (Å²) in [5.74, 6) is -2.82. The van der Waals surface area contributed by atoms with Crippen molar-refractivity contribution in [3.05, 3.63) is 23.5 Å². The van der Waals surface area contributed by atoms with E-state index in [2.05, 4.69) is 14.2 Å². The molecule has 1 heterocycles. The molecule has 17 heavy (non-hydrogen) atoms. The van der Waals surface area contributed by atoms with Crippen molar-refractivity contribution in [2.24, 2.45) is 0 Å². The number of carbonyl (C=O) groups is 1. The highest BCUT2D eigenvalue weighted by Crippen LogP contribution is 2.42. The third kappa shape index (κ3) is 2.13. The maximum Gasteiger partial charge on any atom is 0.586 e. The molecule has 92 valence electrons. The highest BCUT2D eigenvalue weighted by Gasteiger charge is 2.44. The number of halogens is 3. The lowest BCUT2D eigenvalue weighted by Gasteiger charge is -2.04. The van der Waals surface area contributed by atoms with Gasteiger partial charge in [0.15, 0.2) is 11.5 Å². The molecule has 0 atom stereocenters. The van der Waals surface area contributed by atoms with Crippen LogP contribution in [-0.2, 0) is 4.74 Å². The Hall–Kier alpha value is -1.92. The fourth-order valence-electron chi connectivity index (χ4n) is 1.34. The van der Waals surface area contributed by atoms with E-state index in [-0.39, 0.29) is 6.61 Å². The molecule has 0 fully saturated rings. The number of ether oxygens (including phenoxy) is 3. The summed E-state index contributed by atoms with van der Waals surface area (Å²) in [6.45, 7) is 1.58. The predicted octanol–water partition coefficient (Wildman–Crippen LogP) is 2.32. The van der Waals surface area contributed by atoms with Crippen molar-refractivity contribution in [3.63, 3.8) is 0 Å². The van der Waals surface area contributed by atoms with Crippen molar-refractivity contribution >= 4 is 5.97 Å². The van der Waals surface area contributed by atoms with Crippen LogP contribution in [0.15, 0.2) is 12.1 Å². The minimum Gasteiger partial charge on any atom is -0.462 e. The van der Waals surface area contributed by atoms with Gasteiger partial charge in [-0.1, -0.05) is 0 Å². The molecule has 0 amide bonds. The van der Waals surface area contributed by atoms with Gasteiger partial charge < -0.3 is 14.2 Å². The minimum absolute atomic E-state index is 0.0445. The molecular formula is C10H7F3O4. The van der Waals surface area contributed by atoms with Gasteiger partial charge in [0, 0.05) is 12.1 Å². The van der Waals surface area contributed by atoms with E-state index in [1.54, 1.807) is 0 Å². The third-order valence-electron chi connectivity index (χ3n) is 1.99. The maximum atomic E-state index is 13.4. The van der Waals surface area contributed by atoms with E-state index in [0.717, 1.165) is 6.07 Å². The van der Waals surface area contributed by atoms with Crippen molar-refractivity contribution in [3.8, 4) is 11.5 Å². The van der Waals surface area contributed by atoms with Gasteiger partial charge in [-0.15, -0.1) is 8.78 Å². The molecular weight excluding hydrogens is 241 g/mol. The Balaban J connectivity index is 2.37. The average molecular weight is 248 g/mol. The molecule has 0 aromatic heterocycles. The van der Waals surface area contributed by atoms with Gasteiger partial charge in [-0.05, 0) is 6.92 Å². The zero-order chi connectivity index (χ0) is 12.6. The topological polar surface area (TPSA) is 44.8 Å². The van der Waals surface area contributed by atoms with E-state index in [9.17, 15) is 18.0 Å². The summed E-state index contributed by atoms with van der Waals surface area (Å²) in [7, 11) is 0. The van der Waals surface area contributed by atoms with E-state index in [0.29, 0.717) is 6.07 Å². The van der Waals surface area contributed by atoms with Crippen LogP contribution in [0.4, 0.5) is 13.2 Å². The maximum absolute atomic E-state index is 13.4. The number of hydrogen-bond donors (Lipinski definition) is 0. The number of alkyl halides is 2. The van der Waals surface area contributed by atoms with Crippen LogP contribution in [0.2, 0.25) is 0 Å². The smallest absolute Gasteiger partial charge is 0.462 e. The van der Waals surface area contributed by atoms with Gasteiger partial charge in [0.25, 0.3) is 0 Å². The summed E-state index contributed by atoms with van der Waals surface area (Å²) < 4.78 is 51.4. The van der Waals surface area contributed by atoms with Crippen LogP contribution in [0.25, 0.3) is 0 Å². The molecule has 1 aliphatic rings. The molecule has 1 aromatic carbocycles. The number of rotatable bonds is 2. The van der Waals surface area contributed by atoms with Gasteiger partial charge in [0.05, 0.1) is 12.2 Å². The van der Waals surface area contributed by atoms with Crippen LogP contribution in [-0.4, -0.2) is 18.9 Å². The van der Waals surface area contributed by atoms with E-state index in [4.69, 9.17) is 0 Å². The lowest BCUT2D eigenvalue weighted by atomic mass is 10.2. The highest BCUT2D eigenvalue weighted by molar-refractivity contribution is 5.90. The molecule has 1 aromatic rings. The highest BCUT2D eigenvalue weighted by atomic mass is 19.3. The monoisotopic (exact) mass is 248 g/mol. The second-order valence-electron chi connectivity index (χ2n) is 3.17. The van der Waals surface area contributed by atoms with Crippen LogP contribution >= 0.6 is 0 Å². The zero-order valence-electron chi connectivity index (χ0n) is 8.63. The largest absolute Gasteiger partial charge is 0.586 e. The normalized spacial score (nSPS) is 15.8. The van der Waals surface area contributed by atoms with Crippen molar-refractivity contribution in [2.75, 3.05) is 6.61 Å². The Bertz CT molecular complexity index is 473. The number of hydrogen-bond acceptors (Lipinski definition) is 4. The minimum atomic E-state index is -3.85.